The molecule has 10 heteroatoms. The highest BCUT2D eigenvalue weighted by Gasteiger charge is 2.25. The molecule has 2 aromatic rings. The molecule has 0 radical (unpaired) electrons. The number of nitrogens with zero attached hydrogens (tertiary/aromatic N) is 2. The maximum Gasteiger partial charge on any atom is 0.352 e. The van der Waals surface area contributed by atoms with Crippen LogP contribution < -0.4 is 4.74 Å². The minimum absolute atomic E-state index is 0.0877. The predicted molar refractivity (Wildman–Crippen MR) is 127 cm³/mol. The lowest BCUT2D eigenvalue weighted by molar-refractivity contribution is 0.0209. The van der Waals surface area contributed by atoms with E-state index >= 15 is 0 Å². The van der Waals surface area contributed by atoms with Crippen LogP contribution in [0.15, 0.2) is 6.20 Å². The Bertz CT molecular complexity index is 824. The van der Waals surface area contributed by atoms with Gasteiger partial charge in [-0.3, -0.25) is 0 Å². The third-order valence-electron chi connectivity index (χ3n) is 4.39. The lowest BCUT2D eigenvalue weighted by Gasteiger charge is -2.16. The first-order chi connectivity index (χ1) is 14.0. The summed E-state index contributed by atoms with van der Waals surface area (Å²) >= 11 is 1.32. The molecule has 0 atom stereocenters. The number of esters is 1. The Morgan fingerprint density at radius 1 is 1.07 bits per heavy atom. The number of thiophene rings is 1. The SMILES string of the molecule is CCOC(=O)c1sc2cnn(COCC[Si](C)(C)C)c2c1OCOCC[Si](C)(C)C. The van der Waals surface area contributed by atoms with Crippen molar-refractivity contribution in [3.63, 3.8) is 0 Å². The van der Waals surface area contributed by atoms with Crippen LogP contribution in [-0.4, -0.2) is 58.5 Å². The van der Waals surface area contributed by atoms with E-state index in [-0.39, 0.29) is 12.8 Å². The van der Waals surface area contributed by atoms with E-state index in [1.54, 1.807) is 17.8 Å². The Kier molecular flexibility index (Phi) is 9.10. The normalized spacial score (nSPS) is 12.5. The van der Waals surface area contributed by atoms with Crippen molar-refractivity contribution in [3.05, 3.63) is 11.1 Å². The highest BCUT2D eigenvalue weighted by molar-refractivity contribution is 7.21. The zero-order valence-corrected chi connectivity index (χ0v) is 22.2. The van der Waals surface area contributed by atoms with E-state index in [0.29, 0.717) is 37.2 Å². The fourth-order valence-electron chi connectivity index (χ4n) is 2.57. The van der Waals surface area contributed by atoms with E-state index in [2.05, 4.69) is 44.4 Å². The zero-order valence-electron chi connectivity index (χ0n) is 19.4. The number of fused-ring (bicyclic) bond motifs is 1. The average Bonchev–Trinajstić information content (AvgIpc) is 3.17. The van der Waals surface area contributed by atoms with Crippen LogP contribution >= 0.6 is 11.3 Å². The van der Waals surface area contributed by atoms with Gasteiger partial charge >= 0.3 is 5.97 Å². The second-order valence-corrected chi connectivity index (χ2v) is 22.0. The monoisotopic (exact) mass is 472 g/mol. The first-order valence-corrected chi connectivity index (χ1v) is 18.7. The van der Waals surface area contributed by atoms with Gasteiger partial charge in [0.1, 0.15) is 12.2 Å². The highest BCUT2D eigenvalue weighted by atomic mass is 32.1. The van der Waals surface area contributed by atoms with Crippen LogP contribution in [0.5, 0.6) is 5.75 Å². The third kappa shape index (κ3) is 7.80. The summed E-state index contributed by atoms with van der Waals surface area (Å²) in [6, 6.07) is 2.15. The van der Waals surface area contributed by atoms with E-state index in [1.807, 2.05) is 0 Å². The Labute approximate surface area is 185 Å². The van der Waals surface area contributed by atoms with E-state index in [4.69, 9.17) is 18.9 Å². The van der Waals surface area contributed by atoms with Gasteiger partial charge in [-0.25, -0.2) is 9.48 Å². The standard InChI is InChI=1S/C20H36N2O5SSi2/c1-8-26-20(23)19-18(27-15-25-10-12-30(5,6)7)17-16(28-19)13-21-22(17)14-24-9-11-29(2,3)4/h13H,8-12,14-15H2,1-7H3. The van der Waals surface area contributed by atoms with Crippen LogP contribution in [-0.2, 0) is 20.9 Å². The van der Waals surface area contributed by atoms with Gasteiger partial charge in [0.15, 0.2) is 17.4 Å². The molecule has 0 aliphatic rings. The van der Waals surface area contributed by atoms with E-state index in [1.165, 1.54) is 11.3 Å². The number of carbonyl (C=O) groups excluding carboxylic acids is 1. The first-order valence-electron chi connectivity index (χ1n) is 10.5. The molecule has 0 saturated carbocycles. The number of rotatable bonds is 13. The van der Waals surface area contributed by atoms with Gasteiger partial charge < -0.3 is 18.9 Å². The fraction of sp³-hybridized carbons (Fsp3) is 0.700. The van der Waals surface area contributed by atoms with Crippen molar-refractivity contribution in [1.82, 2.24) is 9.78 Å². The van der Waals surface area contributed by atoms with Crippen molar-refractivity contribution in [2.45, 2.75) is 65.0 Å². The molecule has 0 saturated heterocycles. The molecule has 2 rings (SSSR count). The van der Waals surface area contributed by atoms with Crippen LogP contribution in [0, 0.1) is 0 Å². The summed E-state index contributed by atoms with van der Waals surface area (Å²) in [4.78, 5) is 12.9. The molecule has 30 heavy (non-hydrogen) atoms. The lowest BCUT2D eigenvalue weighted by Crippen LogP contribution is -2.22. The molecule has 0 amide bonds. The molecule has 0 fully saturated rings. The average molecular weight is 473 g/mol. The van der Waals surface area contributed by atoms with Crippen molar-refractivity contribution < 1.29 is 23.7 Å². The molecule has 2 aromatic heterocycles. The highest BCUT2D eigenvalue weighted by Crippen LogP contribution is 2.38. The number of carbonyl (C=O) groups is 1. The summed E-state index contributed by atoms with van der Waals surface area (Å²) in [7, 11) is -2.32. The van der Waals surface area contributed by atoms with Crippen molar-refractivity contribution in [3.8, 4) is 5.75 Å². The van der Waals surface area contributed by atoms with Gasteiger partial charge in [0.2, 0.25) is 0 Å². The molecule has 0 aliphatic heterocycles. The van der Waals surface area contributed by atoms with Crippen LogP contribution in [0.25, 0.3) is 10.2 Å². The maximum absolute atomic E-state index is 12.5. The lowest BCUT2D eigenvalue weighted by atomic mass is 10.4. The topological polar surface area (TPSA) is 71.8 Å². The molecule has 0 unspecified atom stereocenters. The van der Waals surface area contributed by atoms with Crippen molar-refractivity contribution in [1.29, 1.82) is 0 Å². The maximum atomic E-state index is 12.5. The summed E-state index contributed by atoms with van der Waals surface area (Å²) < 4.78 is 25.3. The van der Waals surface area contributed by atoms with Gasteiger partial charge in [-0.1, -0.05) is 39.3 Å². The molecular weight excluding hydrogens is 436 g/mol. The second kappa shape index (κ2) is 10.9. The molecule has 170 valence electrons. The molecule has 0 spiro atoms. The summed E-state index contributed by atoms with van der Waals surface area (Å²) in [5, 5.41) is 4.42. The molecular formula is C20H36N2O5SSi2. The minimum atomic E-state index is -1.17. The number of ether oxygens (including phenoxy) is 4. The molecule has 2 heterocycles. The number of hydrogen-bond donors (Lipinski definition) is 0. The molecule has 7 nitrogen and oxygen atoms in total. The van der Waals surface area contributed by atoms with E-state index < -0.39 is 16.1 Å². The van der Waals surface area contributed by atoms with Gasteiger partial charge in [-0.05, 0) is 19.0 Å². The molecule has 0 N–H and O–H groups in total. The van der Waals surface area contributed by atoms with Crippen LogP contribution in [0.3, 0.4) is 0 Å². The third-order valence-corrected chi connectivity index (χ3v) is 8.88. The van der Waals surface area contributed by atoms with Gasteiger partial charge in [0, 0.05) is 29.4 Å². The van der Waals surface area contributed by atoms with Gasteiger partial charge in [0.05, 0.1) is 17.5 Å². The van der Waals surface area contributed by atoms with Crippen LogP contribution in [0.4, 0.5) is 0 Å². The van der Waals surface area contributed by atoms with Gasteiger partial charge in [0.25, 0.3) is 0 Å². The zero-order chi connectivity index (χ0) is 22.4. The molecule has 0 aliphatic carbocycles. The minimum Gasteiger partial charge on any atom is -0.463 e. The summed E-state index contributed by atoms with van der Waals surface area (Å²) in [5.74, 6) is 0.0785. The Hall–Kier alpha value is -1.21. The number of aromatic nitrogens is 2. The van der Waals surface area contributed by atoms with Crippen LogP contribution in [0.1, 0.15) is 16.6 Å². The smallest absolute Gasteiger partial charge is 0.352 e. The predicted octanol–water partition coefficient (Wildman–Crippen LogP) is 5.28. The summed E-state index contributed by atoms with van der Waals surface area (Å²) in [6.45, 7) is 17.7. The Morgan fingerprint density at radius 2 is 1.70 bits per heavy atom. The van der Waals surface area contributed by atoms with Crippen molar-refractivity contribution in [2.75, 3.05) is 26.6 Å². The van der Waals surface area contributed by atoms with E-state index in [9.17, 15) is 4.79 Å². The van der Waals surface area contributed by atoms with E-state index in [0.717, 1.165) is 22.3 Å². The van der Waals surface area contributed by atoms with Crippen molar-refractivity contribution in [2.24, 2.45) is 0 Å². The largest absolute Gasteiger partial charge is 0.463 e. The van der Waals surface area contributed by atoms with Gasteiger partial charge in [-0.2, -0.15) is 5.10 Å². The quantitative estimate of drug-likeness (QED) is 0.171. The first kappa shape index (κ1) is 25.1. The fourth-order valence-corrected chi connectivity index (χ4v) is 5.08. The molecule has 0 aromatic carbocycles. The van der Waals surface area contributed by atoms with Gasteiger partial charge in [-0.15, -0.1) is 11.3 Å². The van der Waals surface area contributed by atoms with Crippen molar-refractivity contribution >= 4 is 43.7 Å². The summed E-state index contributed by atoms with van der Waals surface area (Å²) in [6.07, 6.45) is 1.74. The molecule has 0 bridgehead atoms. The summed E-state index contributed by atoms with van der Waals surface area (Å²) in [5.41, 5.74) is 0.754. The Balaban J connectivity index is 2.12. The Morgan fingerprint density at radius 3 is 2.30 bits per heavy atom. The van der Waals surface area contributed by atoms with Crippen LogP contribution in [0.2, 0.25) is 51.4 Å². The number of hydrogen-bond acceptors (Lipinski definition) is 7. The second-order valence-electron chi connectivity index (χ2n) is 9.67.